The molecule has 1 aromatic rings. The summed E-state index contributed by atoms with van der Waals surface area (Å²) in [6, 6.07) is 1.42. The van der Waals surface area contributed by atoms with Crippen LogP contribution in [0.15, 0.2) is 12.3 Å². The van der Waals surface area contributed by atoms with Gasteiger partial charge in [-0.25, -0.2) is 0 Å². The van der Waals surface area contributed by atoms with Crippen molar-refractivity contribution in [2.24, 2.45) is 0 Å². The van der Waals surface area contributed by atoms with Gasteiger partial charge in [0.25, 0.3) is 0 Å². The van der Waals surface area contributed by atoms with Gasteiger partial charge >= 0.3 is 6.18 Å². The Balaban J connectivity index is 2.78. The fourth-order valence-corrected chi connectivity index (χ4v) is 1.57. The lowest BCUT2D eigenvalue weighted by Gasteiger charge is -2.12. The number of pyridine rings is 1. The van der Waals surface area contributed by atoms with Crippen LogP contribution >= 0.6 is 15.9 Å². The minimum Gasteiger partial charge on any atom is -0.484 e. The summed E-state index contributed by atoms with van der Waals surface area (Å²) in [7, 11) is 0. The molecule has 0 aromatic carbocycles. The average molecular weight is 284 g/mol. The van der Waals surface area contributed by atoms with E-state index in [-0.39, 0.29) is 5.75 Å². The molecule has 2 nitrogen and oxygen atoms in total. The number of alkyl halides is 4. The highest BCUT2D eigenvalue weighted by atomic mass is 79.9. The van der Waals surface area contributed by atoms with Gasteiger partial charge in [0.15, 0.2) is 6.61 Å². The molecule has 0 spiro atoms. The maximum atomic E-state index is 11.9. The summed E-state index contributed by atoms with van der Waals surface area (Å²) >= 11 is 3.19. The molecule has 1 rings (SSSR count). The van der Waals surface area contributed by atoms with Crippen LogP contribution < -0.4 is 4.74 Å². The number of ether oxygens (including phenoxy) is 1. The molecule has 1 heterocycles. The molecule has 0 saturated heterocycles. The monoisotopic (exact) mass is 283 g/mol. The zero-order chi connectivity index (χ0) is 11.5. The van der Waals surface area contributed by atoms with Gasteiger partial charge in [0.05, 0.1) is 5.69 Å². The van der Waals surface area contributed by atoms with Crippen molar-refractivity contribution in [1.82, 2.24) is 4.98 Å². The summed E-state index contributed by atoms with van der Waals surface area (Å²) in [5.74, 6) is 0.219. The Kier molecular flexibility index (Phi) is 3.96. The number of hydrogen-bond acceptors (Lipinski definition) is 2. The maximum Gasteiger partial charge on any atom is 0.422 e. The average Bonchev–Trinajstić information content (AvgIpc) is 2.15. The molecule has 0 unspecified atom stereocenters. The van der Waals surface area contributed by atoms with Gasteiger partial charge in [-0.2, -0.15) is 13.2 Å². The molecule has 0 atom stereocenters. The smallest absolute Gasteiger partial charge is 0.422 e. The molecule has 0 aliphatic rings. The third-order valence-electron chi connectivity index (χ3n) is 1.78. The van der Waals surface area contributed by atoms with Gasteiger partial charge in [0.2, 0.25) is 0 Å². The number of hydrogen-bond donors (Lipinski definition) is 0. The number of aromatic nitrogens is 1. The minimum atomic E-state index is -4.32. The van der Waals surface area contributed by atoms with E-state index in [2.05, 4.69) is 25.7 Å². The van der Waals surface area contributed by atoms with Crippen LogP contribution in [-0.2, 0) is 5.33 Å². The number of halogens is 4. The predicted molar refractivity (Wildman–Crippen MR) is 53.2 cm³/mol. The SMILES string of the molecule is Cc1c(OCC(F)(F)F)ccnc1CBr. The molecule has 0 saturated carbocycles. The van der Waals surface area contributed by atoms with Gasteiger partial charge in [-0.3, -0.25) is 4.98 Å². The molecule has 1 aromatic heterocycles. The fraction of sp³-hybridized carbons (Fsp3) is 0.444. The van der Waals surface area contributed by atoms with Crippen molar-refractivity contribution in [3.8, 4) is 5.75 Å². The van der Waals surface area contributed by atoms with Crippen LogP contribution in [0.2, 0.25) is 0 Å². The Labute approximate surface area is 93.6 Å². The van der Waals surface area contributed by atoms with Gasteiger partial charge in [-0.1, -0.05) is 15.9 Å². The van der Waals surface area contributed by atoms with Crippen LogP contribution in [0.1, 0.15) is 11.3 Å². The molecule has 84 valence electrons. The number of rotatable bonds is 3. The highest BCUT2D eigenvalue weighted by Crippen LogP contribution is 2.23. The summed E-state index contributed by atoms with van der Waals surface area (Å²) in [5.41, 5.74) is 1.30. The van der Waals surface area contributed by atoms with E-state index in [1.54, 1.807) is 6.92 Å². The third kappa shape index (κ3) is 3.70. The molecular formula is C9H9BrF3NO. The van der Waals surface area contributed by atoms with Crippen molar-refractivity contribution in [2.75, 3.05) is 6.61 Å². The molecule has 0 amide bonds. The molecule has 0 fully saturated rings. The van der Waals surface area contributed by atoms with Crippen LogP contribution in [0.3, 0.4) is 0 Å². The van der Waals surface area contributed by atoms with Gasteiger partial charge in [-0.15, -0.1) is 0 Å². The van der Waals surface area contributed by atoms with E-state index < -0.39 is 12.8 Å². The Hall–Kier alpha value is -0.780. The molecule has 0 N–H and O–H groups in total. The molecule has 6 heteroatoms. The molecule has 0 aliphatic carbocycles. The van der Waals surface area contributed by atoms with E-state index in [0.717, 1.165) is 0 Å². The predicted octanol–water partition coefficient (Wildman–Crippen LogP) is 3.23. The lowest BCUT2D eigenvalue weighted by atomic mass is 10.2. The molecular weight excluding hydrogens is 275 g/mol. The third-order valence-corrected chi connectivity index (χ3v) is 2.31. The first-order chi connectivity index (χ1) is 6.94. The largest absolute Gasteiger partial charge is 0.484 e. The quantitative estimate of drug-likeness (QED) is 0.795. The zero-order valence-electron chi connectivity index (χ0n) is 7.94. The van der Waals surface area contributed by atoms with Crippen molar-refractivity contribution in [2.45, 2.75) is 18.4 Å². The van der Waals surface area contributed by atoms with Crippen LogP contribution in [0, 0.1) is 6.92 Å². The van der Waals surface area contributed by atoms with Crippen molar-refractivity contribution in [3.05, 3.63) is 23.5 Å². The number of nitrogens with zero attached hydrogens (tertiary/aromatic N) is 1. The first-order valence-corrected chi connectivity index (χ1v) is 5.26. The summed E-state index contributed by atoms with van der Waals surface area (Å²) in [4.78, 5) is 3.99. The minimum absolute atomic E-state index is 0.219. The summed E-state index contributed by atoms with van der Waals surface area (Å²) in [6.07, 6.45) is -2.89. The normalized spacial score (nSPS) is 11.5. The van der Waals surface area contributed by atoms with E-state index in [1.165, 1.54) is 12.3 Å². The molecule has 0 aliphatic heterocycles. The topological polar surface area (TPSA) is 22.1 Å². The van der Waals surface area contributed by atoms with Crippen molar-refractivity contribution in [3.63, 3.8) is 0 Å². The highest BCUT2D eigenvalue weighted by molar-refractivity contribution is 9.08. The van der Waals surface area contributed by atoms with Crippen LogP contribution in [0.5, 0.6) is 5.75 Å². The lowest BCUT2D eigenvalue weighted by Crippen LogP contribution is -2.19. The summed E-state index contributed by atoms with van der Waals surface area (Å²) in [6.45, 7) is 0.398. The Morgan fingerprint density at radius 3 is 2.67 bits per heavy atom. The lowest BCUT2D eigenvalue weighted by molar-refractivity contribution is -0.153. The van der Waals surface area contributed by atoms with Gasteiger partial charge in [-0.05, 0) is 13.0 Å². The second kappa shape index (κ2) is 4.83. The summed E-state index contributed by atoms with van der Waals surface area (Å²) < 4.78 is 40.4. The first kappa shape index (κ1) is 12.3. The first-order valence-electron chi connectivity index (χ1n) is 4.14. The van der Waals surface area contributed by atoms with Crippen molar-refractivity contribution >= 4 is 15.9 Å². The van der Waals surface area contributed by atoms with E-state index >= 15 is 0 Å². The van der Waals surface area contributed by atoms with Gasteiger partial charge < -0.3 is 4.74 Å². The molecule has 15 heavy (non-hydrogen) atoms. The highest BCUT2D eigenvalue weighted by Gasteiger charge is 2.28. The Morgan fingerprint density at radius 2 is 2.13 bits per heavy atom. The maximum absolute atomic E-state index is 11.9. The van der Waals surface area contributed by atoms with Crippen LogP contribution in [0.4, 0.5) is 13.2 Å². The van der Waals surface area contributed by atoms with Gasteiger partial charge in [0, 0.05) is 17.1 Å². The van der Waals surface area contributed by atoms with Crippen LogP contribution in [-0.4, -0.2) is 17.8 Å². The Morgan fingerprint density at radius 1 is 1.47 bits per heavy atom. The van der Waals surface area contributed by atoms with Crippen LogP contribution in [0.25, 0.3) is 0 Å². The van der Waals surface area contributed by atoms with E-state index in [9.17, 15) is 13.2 Å². The van der Waals surface area contributed by atoms with E-state index in [0.29, 0.717) is 16.6 Å². The second-order valence-corrected chi connectivity index (χ2v) is 3.48. The second-order valence-electron chi connectivity index (χ2n) is 2.92. The molecule has 0 radical (unpaired) electrons. The zero-order valence-corrected chi connectivity index (χ0v) is 9.52. The van der Waals surface area contributed by atoms with Crippen molar-refractivity contribution in [1.29, 1.82) is 0 Å². The fourth-order valence-electron chi connectivity index (χ4n) is 1.01. The summed E-state index contributed by atoms with van der Waals surface area (Å²) in [5, 5.41) is 0.488. The van der Waals surface area contributed by atoms with E-state index in [1.807, 2.05) is 0 Å². The Bertz CT molecular complexity index is 341. The van der Waals surface area contributed by atoms with Gasteiger partial charge in [0.1, 0.15) is 5.75 Å². The standard InChI is InChI=1S/C9H9BrF3NO/c1-6-7(4-10)14-3-2-8(6)15-5-9(11,12)13/h2-3H,4-5H2,1H3. The van der Waals surface area contributed by atoms with Crippen molar-refractivity contribution < 1.29 is 17.9 Å². The van der Waals surface area contributed by atoms with E-state index in [4.69, 9.17) is 0 Å². The molecule has 0 bridgehead atoms.